The molecule has 0 saturated carbocycles. The number of benzene rings is 1. The van der Waals surface area contributed by atoms with Gasteiger partial charge in [0.05, 0.1) is 6.04 Å². The van der Waals surface area contributed by atoms with Crippen LogP contribution in [0.1, 0.15) is 36.0 Å². The molecule has 134 valence electrons. The second-order valence-corrected chi connectivity index (χ2v) is 6.89. The topological polar surface area (TPSA) is 85.1 Å². The third-order valence-electron chi connectivity index (χ3n) is 5.46. The minimum atomic E-state index is -0.226. The second kappa shape index (κ2) is 6.55. The van der Waals surface area contributed by atoms with Crippen LogP contribution in [0.25, 0.3) is 0 Å². The van der Waals surface area contributed by atoms with E-state index in [9.17, 15) is 9.59 Å². The Hall–Kier alpha value is -2.28. The van der Waals surface area contributed by atoms with Crippen LogP contribution in [0.15, 0.2) is 18.2 Å². The highest BCUT2D eigenvalue weighted by Gasteiger charge is 2.36. The Kier molecular flexibility index (Phi) is 4.25. The molecule has 7 nitrogen and oxygen atoms in total. The number of fused-ring (bicyclic) bond motifs is 1. The Morgan fingerprint density at radius 2 is 1.80 bits per heavy atom. The minimum absolute atomic E-state index is 0.0182. The highest BCUT2D eigenvalue weighted by Crippen LogP contribution is 2.33. The third kappa shape index (κ3) is 3.04. The third-order valence-corrected chi connectivity index (χ3v) is 5.46. The van der Waals surface area contributed by atoms with Gasteiger partial charge in [-0.15, -0.1) is 0 Å². The average Bonchev–Trinajstić information content (AvgIpc) is 3.29. The van der Waals surface area contributed by atoms with Gasteiger partial charge in [0.1, 0.15) is 0 Å². The lowest BCUT2D eigenvalue weighted by molar-refractivity contribution is -0.123. The molecule has 0 aromatic heterocycles. The number of ether oxygens (including phenoxy) is 2. The number of nitrogens with zero attached hydrogens (tertiary/aromatic N) is 2. The van der Waals surface area contributed by atoms with Gasteiger partial charge in [0.15, 0.2) is 11.5 Å². The fourth-order valence-electron chi connectivity index (χ4n) is 4.14. The van der Waals surface area contributed by atoms with E-state index in [1.807, 2.05) is 4.90 Å². The SMILES string of the molecule is NC(=O)[C@@H]1CCCN1C1CCN(C(=O)c2ccc3c(c2)OCO3)CC1. The Balaban J connectivity index is 1.38. The van der Waals surface area contributed by atoms with E-state index >= 15 is 0 Å². The molecule has 2 N–H and O–H groups in total. The number of hydrogen-bond donors (Lipinski definition) is 1. The van der Waals surface area contributed by atoms with Crippen molar-refractivity contribution in [2.45, 2.75) is 37.8 Å². The number of carbonyl (C=O) groups is 2. The summed E-state index contributed by atoms with van der Waals surface area (Å²) < 4.78 is 10.6. The smallest absolute Gasteiger partial charge is 0.253 e. The van der Waals surface area contributed by atoms with Gasteiger partial charge in [0, 0.05) is 24.7 Å². The molecule has 2 saturated heterocycles. The molecule has 0 radical (unpaired) electrons. The molecule has 0 unspecified atom stereocenters. The molecule has 0 aliphatic carbocycles. The van der Waals surface area contributed by atoms with Gasteiger partial charge in [-0.3, -0.25) is 14.5 Å². The van der Waals surface area contributed by atoms with Gasteiger partial charge >= 0.3 is 0 Å². The number of rotatable bonds is 3. The lowest BCUT2D eigenvalue weighted by Crippen LogP contribution is -2.51. The second-order valence-electron chi connectivity index (χ2n) is 6.89. The van der Waals surface area contributed by atoms with Gasteiger partial charge in [0.25, 0.3) is 5.91 Å². The first-order valence-electron chi connectivity index (χ1n) is 8.87. The number of likely N-dealkylation sites (tertiary alicyclic amines) is 2. The van der Waals surface area contributed by atoms with Crippen LogP contribution < -0.4 is 15.2 Å². The van der Waals surface area contributed by atoms with Crippen molar-refractivity contribution in [2.24, 2.45) is 5.73 Å². The van der Waals surface area contributed by atoms with E-state index in [-0.39, 0.29) is 24.6 Å². The summed E-state index contributed by atoms with van der Waals surface area (Å²) in [6.07, 6.45) is 3.62. The lowest BCUT2D eigenvalue weighted by atomic mass is 10.0. The van der Waals surface area contributed by atoms with Crippen LogP contribution in [0, 0.1) is 0 Å². The fourth-order valence-corrected chi connectivity index (χ4v) is 4.14. The molecule has 3 aliphatic heterocycles. The molecule has 1 aromatic carbocycles. The molecular weight excluding hydrogens is 322 g/mol. The van der Waals surface area contributed by atoms with E-state index < -0.39 is 0 Å². The zero-order valence-electron chi connectivity index (χ0n) is 14.1. The summed E-state index contributed by atoms with van der Waals surface area (Å²) in [6.45, 7) is 2.52. The monoisotopic (exact) mass is 345 g/mol. The quantitative estimate of drug-likeness (QED) is 0.882. The van der Waals surface area contributed by atoms with Crippen molar-refractivity contribution in [1.29, 1.82) is 0 Å². The molecule has 7 heteroatoms. The van der Waals surface area contributed by atoms with Gasteiger partial charge < -0.3 is 20.1 Å². The zero-order chi connectivity index (χ0) is 17.4. The summed E-state index contributed by atoms with van der Waals surface area (Å²) in [4.78, 5) is 28.5. The van der Waals surface area contributed by atoms with Crippen LogP contribution >= 0.6 is 0 Å². The van der Waals surface area contributed by atoms with E-state index in [0.717, 1.165) is 32.2 Å². The maximum Gasteiger partial charge on any atom is 0.253 e. The van der Waals surface area contributed by atoms with Crippen LogP contribution in [0.2, 0.25) is 0 Å². The Morgan fingerprint density at radius 3 is 2.56 bits per heavy atom. The van der Waals surface area contributed by atoms with E-state index in [2.05, 4.69) is 4.90 Å². The van der Waals surface area contributed by atoms with Crippen LogP contribution in [0.4, 0.5) is 0 Å². The van der Waals surface area contributed by atoms with Crippen LogP contribution in [-0.2, 0) is 4.79 Å². The maximum atomic E-state index is 12.7. The number of amides is 2. The number of piperidine rings is 1. The standard InChI is InChI=1S/C18H23N3O4/c19-17(22)14-2-1-7-21(14)13-5-8-20(9-6-13)18(23)12-3-4-15-16(10-12)25-11-24-15/h3-4,10,13-14H,1-2,5-9,11H2,(H2,19,22)/t14-/m0/s1. The van der Waals surface area contributed by atoms with Crippen molar-refractivity contribution >= 4 is 11.8 Å². The lowest BCUT2D eigenvalue weighted by Gasteiger charge is -2.38. The highest BCUT2D eigenvalue weighted by molar-refractivity contribution is 5.95. The number of carbonyl (C=O) groups excluding carboxylic acids is 2. The Bertz CT molecular complexity index is 685. The fraction of sp³-hybridized carbons (Fsp3) is 0.556. The number of nitrogens with two attached hydrogens (primary N) is 1. The van der Waals surface area contributed by atoms with Crippen LogP contribution in [0.5, 0.6) is 11.5 Å². The average molecular weight is 345 g/mol. The van der Waals surface area contributed by atoms with E-state index in [1.165, 1.54) is 0 Å². The number of primary amides is 1. The first-order valence-corrected chi connectivity index (χ1v) is 8.87. The van der Waals surface area contributed by atoms with Crippen molar-refractivity contribution in [3.63, 3.8) is 0 Å². The van der Waals surface area contributed by atoms with E-state index in [1.54, 1.807) is 18.2 Å². The first-order chi connectivity index (χ1) is 12.1. The van der Waals surface area contributed by atoms with Crippen molar-refractivity contribution in [2.75, 3.05) is 26.4 Å². The predicted molar refractivity (Wildman–Crippen MR) is 90.4 cm³/mol. The predicted octanol–water partition coefficient (Wildman–Crippen LogP) is 0.970. The molecule has 2 fully saturated rings. The molecule has 25 heavy (non-hydrogen) atoms. The van der Waals surface area contributed by atoms with E-state index in [4.69, 9.17) is 15.2 Å². The minimum Gasteiger partial charge on any atom is -0.454 e. The van der Waals surface area contributed by atoms with Gasteiger partial charge in [-0.2, -0.15) is 0 Å². The molecular formula is C18H23N3O4. The summed E-state index contributed by atoms with van der Waals surface area (Å²) in [6, 6.07) is 5.51. The summed E-state index contributed by atoms with van der Waals surface area (Å²) in [5.41, 5.74) is 6.15. The van der Waals surface area contributed by atoms with Gasteiger partial charge in [-0.1, -0.05) is 0 Å². The molecule has 0 spiro atoms. The van der Waals surface area contributed by atoms with Crippen molar-refractivity contribution in [3.05, 3.63) is 23.8 Å². The van der Waals surface area contributed by atoms with E-state index in [0.29, 0.717) is 36.2 Å². The summed E-state index contributed by atoms with van der Waals surface area (Å²) in [5.74, 6) is 1.10. The van der Waals surface area contributed by atoms with Crippen molar-refractivity contribution in [1.82, 2.24) is 9.80 Å². The molecule has 0 bridgehead atoms. The van der Waals surface area contributed by atoms with Gasteiger partial charge in [0.2, 0.25) is 12.7 Å². The van der Waals surface area contributed by atoms with Crippen LogP contribution in [0.3, 0.4) is 0 Å². The Labute approximate surface area is 146 Å². The van der Waals surface area contributed by atoms with Crippen molar-refractivity contribution in [3.8, 4) is 11.5 Å². The molecule has 1 aromatic rings. The number of hydrogen-bond acceptors (Lipinski definition) is 5. The van der Waals surface area contributed by atoms with Crippen molar-refractivity contribution < 1.29 is 19.1 Å². The largest absolute Gasteiger partial charge is 0.454 e. The Morgan fingerprint density at radius 1 is 1.04 bits per heavy atom. The first kappa shape index (κ1) is 16.2. The summed E-state index contributed by atoms with van der Waals surface area (Å²) in [5, 5.41) is 0. The van der Waals surface area contributed by atoms with Gasteiger partial charge in [-0.25, -0.2) is 0 Å². The molecule has 3 aliphatic rings. The molecule has 4 rings (SSSR count). The highest BCUT2D eigenvalue weighted by atomic mass is 16.7. The molecule has 2 amide bonds. The van der Waals surface area contributed by atoms with Crippen LogP contribution in [-0.4, -0.2) is 60.1 Å². The molecule has 3 heterocycles. The normalized spacial score (nSPS) is 23.8. The van der Waals surface area contributed by atoms with Gasteiger partial charge in [-0.05, 0) is 50.4 Å². The molecule has 1 atom stereocenters. The zero-order valence-corrected chi connectivity index (χ0v) is 14.1. The summed E-state index contributed by atoms with van der Waals surface area (Å²) in [7, 11) is 0. The maximum absolute atomic E-state index is 12.7. The summed E-state index contributed by atoms with van der Waals surface area (Å²) >= 11 is 0.